The predicted molar refractivity (Wildman–Crippen MR) is 59.8 cm³/mol. The van der Waals surface area contributed by atoms with Crippen LogP contribution in [0.4, 0.5) is 0 Å². The first kappa shape index (κ1) is 9.89. The Morgan fingerprint density at radius 3 is 3.21 bits per heavy atom. The molecule has 5 heteroatoms. The molecule has 0 bridgehead atoms. The van der Waals surface area contributed by atoms with Gasteiger partial charge >= 0.3 is 0 Å². The third kappa shape index (κ3) is 2.05. The molecule has 2 heterocycles. The van der Waals surface area contributed by atoms with Crippen LogP contribution in [-0.2, 0) is 0 Å². The zero-order valence-electron chi connectivity index (χ0n) is 7.51. The molecule has 0 aromatic carbocycles. The standard InChI is InChI=1S/C9H10N2OS2/c12-3-1-4-13-8-7-2-5-14-9(7)11-6-10-8/h2,5-6,12H,1,3-4H2. The SMILES string of the molecule is OCCCSc1ncnc2sccc12. The van der Waals surface area contributed by atoms with Gasteiger partial charge in [0.1, 0.15) is 16.2 Å². The van der Waals surface area contributed by atoms with Crippen LogP contribution in [0, 0.1) is 0 Å². The quantitative estimate of drug-likeness (QED) is 0.493. The van der Waals surface area contributed by atoms with E-state index in [1.165, 1.54) is 0 Å². The summed E-state index contributed by atoms with van der Waals surface area (Å²) in [7, 11) is 0. The summed E-state index contributed by atoms with van der Waals surface area (Å²) >= 11 is 3.30. The van der Waals surface area contributed by atoms with E-state index in [4.69, 9.17) is 5.11 Å². The van der Waals surface area contributed by atoms with Gasteiger partial charge in [-0.3, -0.25) is 0 Å². The molecular weight excluding hydrogens is 216 g/mol. The number of nitrogens with zero attached hydrogens (tertiary/aromatic N) is 2. The minimum atomic E-state index is 0.241. The van der Waals surface area contributed by atoms with Gasteiger partial charge in [0.15, 0.2) is 0 Å². The van der Waals surface area contributed by atoms with Crippen molar-refractivity contribution >= 4 is 33.3 Å². The van der Waals surface area contributed by atoms with Crippen molar-refractivity contribution in [3.8, 4) is 0 Å². The minimum Gasteiger partial charge on any atom is -0.396 e. The Hall–Kier alpha value is -0.650. The lowest BCUT2D eigenvalue weighted by atomic mass is 10.4. The first-order chi connectivity index (χ1) is 6.92. The highest BCUT2D eigenvalue weighted by Crippen LogP contribution is 2.27. The van der Waals surface area contributed by atoms with E-state index < -0.39 is 0 Å². The summed E-state index contributed by atoms with van der Waals surface area (Å²) in [6.45, 7) is 0.241. The molecule has 0 amide bonds. The van der Waals surface area contributed by atoms with Crippen molar-refractivity contribution in [1.82, 2.24) is 9.97 Å². The molecule has 0 saturated heterocycles. The lowest BCUT2D eigenvalue weighted by Crippen LogP contribution is -1.88. The van der Waals surface area contributed by atoms with Crippen LogP contribution in [0.5, 0.6) is 0 Å². The summed E-state index contributed by atoms with van der Waals surface area (Å²) in [6, 6.07) is 2.04. The molecular formula is C9H10N2OS2. The van der Waals surface area contributed by atoms with Gasteiger partial charge in [0.2, 0.25) is 0 Å². The second-order valence-electron chi connectivity index (χ2n) is 2.74. The van der Waals surface area contributed by atoms with Crippen molar-refractivity contribution in [1.29, 1.82) is 0 Å². The second-order valence-corrected chi connectivity index (χ2v) is 4.72. The lowest BCUT2D eigenvalue weighted by Gasteiger charge is -1.99. The summed E-state index contributed by atoms with van der Waals surface area (Å²) in [5, 5.41) is 12.8. The highest BCUT2D eigenvalue weighted by molar-refractivity contribution is 7.99. The molecule has 2 aromatic heterocycles. The summed E-state index contributed by atoms with van der Waals surface area (Å²) in [4.78, 5) is 9.44. The van der Waals surface area contributed by atoms with Crippen molar-refractivity contribution in [2.45, 2.75) is 11.4 Å². The van der Waals surface area contributed by atoms with Crippen LogP contribution in [0.1, 0.15) is 6.42 Å². The van der Waals surface area contributed by atoms with Gasteiger partial charge in [-0.2, -0.15) is 0 Å². The molecule has 0 aliphatic rings. The van der Waals surface area contributed by atoms with E-state index in [1.54, 1.807) is 29.4 Å². The number of hydrogen-bond donors (Lipinski definition) is 1. The van der Waals surface area contributed by atoms with E-state index in [-0.39, 0.29) is 6.61 Å². The Kier molecular flexibility index (Phi) is 3.34. The number of rotatable bonds is 4. The van der Waals surface area contributed by atoms with Crippen LogP contribution in [0.25, 0.3) is 10.2 Å². The van der Waals surface area contributed by atoms with Gasteiger partial charge in [-0.05, 0) is 17.9 Å². The van der Waals surface area contributed by atoms with E-state index in [0.29, 0.717) is 0 Å². The molecule has 0 aliphatic heterocycles. The highest BCUT2D eigenvalue weighted by atomic mass is 32.2. The molecule has 0 radical (unpaired) electrons. The van der Waals surface area contributed by atoms with Crippen molar-refractivity contribution in [2.75, 3.05) is 12.4 Å². The minimum absolute atomic E-state index is 0.241. The second kappa shape index (κ2) is 4.72. The molecule has 74 valence electrons. The van der Waals surface area contributed by atoms with E-state index in [0.717, 1.165) is 27.4 Å². The number of fused-ring (bicyclic) bond motifs is 1. The molecule has 2 aromatic rings. The maximum absolute atomic E-state index is 8.67. The molecule has 0 unspecified atom stereocenters. The third-order valence-corrected chi connectivity index (χ3v) is 3.68. The average Bonchev–Trinajstić information content (AvgIpc) is 2.67. The Balaban J connectivity index is 2.19. The molecule has 2 rings (SSSR count). The molecule has 0 spiro atoms. The van der Waals surface area contributed by atoms with E-state index in [9.17, 15) is 0 Å². The Morgan fingerprint density at radius 1 is 1.43 bits per heavy atom. The number of hydrogen-bond acceptors (Lipinski definition) is 5. The largest absolute Gasteiger partial charge is 0.396 e. The number of thiophene rings is 1. The number of thioether (sulfide) groups is 1. The average molecular weight is 226 g/mol. The van der Waals surface area contributed by atoms with Gasteiger partial charge < -0.3 is 5.11 Å². The molecule has 0 fully saturated rings. The van der Waals surface area contributed by atoms with Gasteiger partial charge in [-0.25, -0.2) is 9.97 Å². The first-order valence-corrected chi connectivity index (χ1v) is 6.20. The zero-order valence-corrected chi connectivity index (χ0v) is 9.14. The van der Waals surface area contributed by atoms with Crippen LogP contribution in [0.3, 0.4) is 0 Å². The normalized spacial score (nSPS) is 10.9. The summed E-state index contributed by atoms with van der Waals surface area (Å²) < 4.78 is 0. The smallest absolute Gasteiger partial charge is 0.127 e. The molecule has 3 nitrogen and oxygen atoms in total. The third-order valence-electron chi connectivity index (χ3n) is 1.77. The van der Waals surface area contributed by atoms with Crippen molar-refractivity contribution < 1.29 is 5.11 Å². The van der Waals surface area contributed by atoms with Gasteiger partial charge in [-0.1, -0.05) is 0 Å². The van der Waals surface area contributed by atoms with Crippen molar-refractivity contribution in [3.05, 3.63) is 17.8 Å². The fraction of sp³-hybridized carbons (Fsp3) is 0.333. The fourth-order valence-electron chi connectivity index (χ4n) is 1.12. The number of aliphatic hydroxyl groups is 1. The van der Waals surface area contributed by atoms with Gasteiger partial charge in [0.25, 0.3) is 0 Å². The number of aliphatic hydroxyl groups excluding tert-OH is 1. The van der Waals surface area contributed by atoms with E-state index >= 15 is 0 Å². The Labute approximate surface area is 90.2 Å². The van der Waals surface area contributed by atoms with Crippen LogP contribution in [0.2, 0.25) is 0 Å². The molecule has 0 aliphatic carbocycles. The van der Waals surface area contributed by atoms with Crippen molar-refractivity contribution in [2.24, 2.45) is 0 Å². The maximum Gasteiger partial charge on any atom is 0.127 e. The van der Waals surface area contributed by atoms with E-state index in [2.05, 4.69) is 9.97 Å². The molecule has 14 heavy (non-hydrogen) atoms. The molecule has 0 saturated carbocycles. The predicted octanol–water partition coefficient (Wildman–Crippen LogP) is 2.17. The zero-order chi connectivity index (χ0) is 9.80. The summed E-state index contributed by atoms with van der Waals surface area (Å²) in [6.07, 6.45) is 2.40. The monoisotopic (exact) mass is 226 g/mol. The Morgan fingerprint density at radius 2 is 2.36 bits per heavy atom. The van der Waals surface area contributed by atoms with Crippen molar-refractivity contribution in [3.63, 3.8) is 0 Å². The first-order valence-electron chi connectivity index (χ1n) is 4.33. The highest BCUT2D eigenvalue weighted by Gasteiger charge is 2.04. The topological polar surface area (TPSA) is 46.0 Å². The van der Waals surface area contributed by atoms with Crippen LogP contribution >= 0.6 is 23.1 Å². The maximum atomic E-state index is 8.67. The summed E-state index contributed by atoms with van der Waals surface area (Å²) in [5.41, 5.74) is 0. The van der Waals surface area contributed by atoms with Crippen LogP contribution in [-0.4, -0.2) is 27.4 Å². The molecule has 0 atom stereocenters. The summed E-state index contributed by atoms with van der Waals surface area (Å²) in [5.74, 6) is 0.901. The van der Waals surface area contributed by atoms with Gasteiger partial charge in [-0.15, -0.1) is 23.1 Å². The lowest BCUT2D eigenvalue weighted by molar-refractivity contribution is 0.296. The van der Waals surface area contributed by atoms with Gasteiger partial charge in [0, 0.05) is 17.7 Å². The molecule has 1 N–H and O–H groups in total. The fourth-order valence-corrected chi connectivity index (χ4v) is 2.82. The Bertz CT molecular complexity index is 416. The van der Waals surface area contributed by atoms with Crippen LogP contribution in [0.15, 0.2) is 22.8 Å². The van der Waals surface area contributed by atoms with E-state index in [1.807, 2.05) is 11.4 Å². The van der Waals surface area contributed by atoms with Crippen LogP contribution < -0.4 is 0 Å². The number of aromatic nitrogens is 2. The van der Waals surface area contributed by atoms with Gasteiger partial charge in [0.05, 0.1) is 0 Å².